The predicted molar refractivity (Wildman–Crippen MR) is 102 cm³/mol. The smallest absolute Gasteiger partial charge is 0.309 e. The quantitative estimate of drug-likeness (QED) is 0.689. The molecule has 0 heterocycles. The molecule has 1 atom stereocenters. The van der Waals surface area contributed by atoms with Crippen LogP contribution in [0.25, 0.3) is 0 Å². The second-order valence-electron chi connectivity index (χ2n) is 7.13. The third-order valence-electron chi connectivity index (χ3n) is 5.17. The number of unbranched alkanes of at least 4 members (excludes halogenated alkanes) is 1. The van der Waals surface area contributed by atoms with Crippen LogP contribution in [0.1, 0.15) is 58.8 Å². The minimum atomic E-state index is -0.828. The summed E-state index contributed by atoms with van der Waals surface area (Å²) in [7, 11) is 1.55. The molecule has 0 radical (unpaired) electrons. The predicted octanol–water partition coefficient (Wildman–Crippen LogP) is 4.56. The Labute approximate surface area is 156 Å². The summed E-state index contributed by atoms with van der Waals surface area (Å²) in [5.74, 6) is 0.644. The molecule has 0 bridgehead atoms. The van der Waals surface area contributed by atoms with Gasteiger partial charge in [0.05, 0.1) is 18.7 Å². The fourth-order valence-electron chi connectivity index (χ4n) is 3.49. The van der Waals surface area contributed by atoms with Gasteiger partial charge in [0.2, 0.25) is 0 Å². The fraction of sp³-hybridized carbons (Fsp3) is 0.619. The Morgan fingerprint density at radius 3 is 2.54 bits per heavy atom. The molecule has 0 saturated heterocycles. The van der Waals surface area contributed by atoms with Gasteiger partial charge in [0.1, 0.15) is 5.75 Å². The Kier molecular flexibility index (Phi) is 7.95. The molecule has 2 rings (SSSR count). The zero-order valence-electron chi connectivity index (χ0n) is 16.1. The first-order chi connectivity index (χ1) is 12.5. The number of carbonyl (C=O) groups is 2. The molecule has 1 amide bonds. The van der Waals surface area contributed by atoms with Crippen molar-refractivity contribution in [2.24, 2.45) is 11.8 Å². The van der Waals surface area contributed by atoms with E-state index in [4.69, 9.17) is 9.47 Å². The van der Waals surface area contributed by atoms with Gasteiger partial charge in [-0.05, 0) is 50.7 Å². The van der Waals surface area contributed by atoms with Gasteiger partial charge in [-0.2, -0.15) is 0 Å². The molecule has 1 aliphatic rings. The third kappa shape index (κ3) is 5.75. The van der Waals surface area contributed by atoms with Gasteiger partial charge in [-0.15, -0.1) is 0 Å². The number of nitrogens with one attached hydrogen (secondary N) is 1. The normalized spacial score (nSPS) is 20.9. The molecule has 1 saturated carbocycles. The lowest BCUT2D eigenvalue weighted by Gasteiger charge is -2.28. The van der Waals surface area contributed by atoms with E-state index < -0.39 is 6.10 Å². The van der Waals surface area contributed by atoms with Crippen LogP contribution in [0, 0.1) is 11.8 Å². The Morgan fingerprint density at radius 2 is 1.88 bits per heavy atom. The van der Waals surface area contributed by atoms with E-state index >= 15 is 0 Å². The second-order valence-corrected chi connectivity index (χ2v) is 7.13. The first kappa shape index (κ1) is 20.3. The molecule has 144 valence electrons. The van der Waals surface area contributed by atoms with E-state index in [-0.39, 0.29) is 17.8 Å². The number of benzene rings is 1. The topological polar surface area (TPSA) is 64.6 Å². The van der Waals surface area contributed by atoms with Crippen LogP contribution < -0.4 is 10.1 Å². The summed E-state index contributed by atoms with van der Waals surface area (Å²) >= 11 is 0. The molecule has 1 aromatic rings. The summed E-state index contributed by atoms with van der Waals surface area (Å²) < 4.78 is 10.6. The molecular weight excluding hydrogens is 330 g/mol. The molecule has 0 aromatic heterocycles. The molecule has 0 aliphatic heterocycles. The summed E-state index contributed by atoms with van der Waals surface area (Å²) in [4.78, 5) is 24.7. The average Bonchev–Trinajstić information content (AvgIpc) is 2.67. The number of rotatable bonds is 8. The van der Waals surface area contributed by atoms with Gasteiger partial charge >= 0.3 is 5.97 Å². The molecule has 1 unspecified atom stereocenters. The van der Waals surface area contributed by atoms with Crippen LogP contribution in [0.2, 0.25) is 0 Å². The van der Waals surface area contributed by atoms with Gasteiger partial charge < -0.3 is 14.8 Å². The Morgan fingerprint density at radius 1 is 1.19 bits per heavy atom. The van der Waals surface area contributed by atoms with E-state index in [0.717, 1.165) is 31.6 Å². The number of hydrogen-bond acceptors (Lipinski definition) is 4. The van der Waals surface area contributed by atoms with Crippen LogP contribution in [0.3, 0.4) is 0 Å². The lowest BCUT2D eigenvalue weighted by molar-refractivity contribution is -0.158. The molecule has 1 aromatic carbocycles. The molecule has 5 nitrogen and oxygen atoms in total. The summed E-state index contributed by atoms with van der Waals surface area (Å²) in [6, 6.07) is 7.16. The minimum absolute atomic E-state index is 0.0746. The highest BCUT2D eigenvalue weighted by Crippen LogP contribution is 2.32. The van der Waals surface area contributed by atoms with Gasteiger partial charge in [-0.25, -0.2) is 0 Å². The standard InChI is InChI=1S/C21H31NO4/c1-4-5-8-16-11-13-17(14-12-16)21(24)26-15(2)20(23)22-18-9-6-7-10-19(18)25-3/h6-7,9-10,15-17H,4-5,8,11-14H2,1-3H3,(H,22,23). The maximum absolute atomic E-state index is 12.4. The fourth-order valence-corrected chi connectivity index (χ4v) is 3.49. The summed E-state index contributed by atoms with van der Waals surface area (Å²) in [6.07, 6.45) is 6.83. The van der Waals surface area contributed by atoms with Crippen molar-refractivity contribution in [2.75, 3.05) is 12.4 Å². The van der Waals surface area contributed by atoms with Crippen LogP contribution in [-0.2, 0) is 14.3 Å². The summed E-state index contributed by atoms with van der Waals surface area (Å²) in [5, 5.41) is 2.76. The molecule has 1 N–H and O–H groups in total. The van der Waals surface area contributed by atoms with Crippen molar-refractivity contribution >= 4 is 17.6 Å². The molecule has 1 fully saturated rings. The highest BCUT2D eigenvalue weighted by atomic mass is 16.5. The number of amides is 1. The highest BCUT2D eigenvalue weighted by Gasteiger charge is 2.29. The van der Waals surface area contributed by atoms with Crippen LogP contribution in [0.15, 0.2) is 24.3 Å². The largest absolute Gasteiger partial charge is 0.495 e. The molecule has 5 heteroatoms. The van der Waals surface area contributed by atoms with Gasteiger partial charge in [-0.3, -0.25) is 9.59 Å². The zero-order valence-corrected chi connectivity index (χ0v) is 16.1. The van der Waals surface area contributed by atoms with Gasteiger partial charge in [-0.1, -0.05) is 38.3 Å². The van der Waals surface area contributed by atoms with Gasteiger partial charge in [0.25, 0.3) is 5.91 Å². The van der Waals surface area contributed by atoms with Crippen LogP contribution in [-0.4, -0.2) is 25.1 Å². The number of anilines is 1. The van der Waals surface area contributed by atoms with Crippen LogP contribution in [0.5, 0.6) is 5.75 Å². The number of para-hydroxylation sites is 2. The minimum Gasteiger partial charge on any atom is -0.495 e. The molecule has 0 spiro atoms. The Balaban J connectivity index is 1.80. The third-order valence-corrected chi connectivity index (χ3v) is 5.17. The van der Waals surface area contributed by atoms with Gasteiger partial charge in [0.15, 0.2) is 6.10 Å². The number of methoxy groups -OCH3 is 1. The summed E-state index contributed by atoms with van der Waals surface area (Å²) in [6.45, 7) is 3.82. The number of esters is 1. The average molecular weight is 361 g/mol. The SMILES string of the molecule is CCCCC1CCC(C(=O)OC(C)C(=O)Nc2ccccc2OC)CC1. The second kappa shape index (κ2) is 10.2. The van der Waals surface area contributed by atoms with Crippen molar-refractivity contribution < 1.29 is 19.1 Å². The van der Waals surface area contributed by atoms with Gasteiger partial charge in [0, 0.05) is 0 Å². The zero-order chi connectivity index (χ0) is 18.9. The van der Waals surface area contributed by atoms with Crippen molar-refractivity contribution in [3.63, 3.8) is 0 Å². The van der Waals surface area contributed by atoms with Crippen LogP contribution >= 0.6 is 0 Å². The highest BCUT2D eigenvalue weighted by molar-refractivity contribution is 5.96. The van der Waals surface area contributed by atoms with Crippen LogP contribution in [0.4, 0.5) is 5.69 Å². The van der Waals surface area contributed by atoms with E-state index in [9.17, 15) is 9.59 Å². The lowest BCUT2D eigenvalue weighted by Crippen LogP contribution is -2.33. The van der Waals surface area contributed by atoms with E-state index in [0.29, 0.717) is 11.4 Å². The molecular formula is C21H31NO4. The Bertz CT molecular complexity index is 593. The van der Waals surface area contributed by atoms with Crippen molar-refractivity contribution in [1.82, 2.24) is 0 Å². The maximum atomic E-state index is 12.4. The lowest BCUT2D eigenvalue weighted by atomic mass is 9.80. The first-order valence-corrected chi connectivity index (χ1v) is 9.69. The first-order valence-electron chi connectivity index (χ1n) is 9.69. The molecule has 26 heavy (non-hydrogen) atoms. The number of hydrogen-bond donors (Lipinski definition) is 1. The van der Waals surface area contributed by atoms with E-state index in [1.165, 1.54) is 19.3 Å². The van der Waals surface area contributed by atoms with E-state index in [2.05, 4.69) is 12.2 Å². The van der Waals surface area contributed by atoms with Crippen molar-refractivity contribution in [3.8, 4) is 5.75 Å². The summed E-state index contributed by atoms with van der Waals surface area (Å²) in [5.41, 5.74) is 0.569. The van der Waals surface area contributed by atoms with Crippen molar-refractivity contribution in [3.05, 3.63) is 24.3 Å². The Hall–Kier alpha value is -2.04. The monoisotopic (exact) mass is 361 g/mol. The van der Waals surface area contributed by atoms with Crippen molar-refractivity contribution in [2.45, 2.75) is 64.9 Å². The molecule has 1 aliphatic carbocycles. The van der Waals surface area contributed by atoms with E-state index in [1.54, 1.807) is 26.2 Å². The van der Waals surface area contributed by atoms with Crippen molar-refractivity contribution in [1.29, 1.82) is 0 Å². The number of carbonyl (C=O) groups excluding carboxylic acids is 2. The number of ether oxygens (including phenoxy) is 2. The van der Waals surface area contributed by atoms with E-state index in [1.807, 2.05) is 12.1 Å². The maximum Gasteiger partial charge on any atom is 0.309 e.